The minimum Gasteiger partial charge on any atom is -0.0984 e. The van der Waals surface area contributed by atoms with Crippen molar-refractivity contribution in [1.29, 1.82) is 0 Å². The van der Waals surface area contributed by atoms with Crippen LogP contribution < -0.4 is 0 Å². The molecule has 0 radical (unpaired) electrons. The van der Waals surface area contributed by atoms with Crippen molar-refractivity contribution < 1.29 is 0 Å². The summed E-state index contributed by atoms with van der Waals surface area (Å²) in [6.07, 6.45) is 23.4. The minimum absolute atomic E-state index is 0.469. The van der Waals surface area contributed by atoms with E-state index in [0.29, 0.717) is 16.7 Å². The second kappa shape index (κ2) is 8.09. The summed E-state index contributed by atoms with van der Waals surface area (Å²) in [4.78, 5) is 0. The van der Waals surface area contributed by atoms with Gasteiger partial charge >= 0.3 is 0 Å². The van der Waals surface area contributed by atoms with E-state index in [2.05, 4.69) is 63.8 Å². The number of rotatable bonds is 3. The molecule has 0 heteroatoms. The fraction of sp³-hybridized carbons (Fsp3) is 0.613. The maximum atomic E-state index is 4.11. The molecule has 0 nitrogen and oxygen atoms in total. The molecule has 0 heterocycles. The van der Waals surface area contributed by atoms with Gasteiger partial charge in [-0.1, -0.05) is 74.9 Å². The summed E-state index contributed by atoms with van der Waals surface area (Å²) in [7, 11) is 0. The third kappa shape index (κ3) is 3.49. The zero-order valence-corrected chi connectivity index (χ0v) is 20.1. The van der Waals surface area contributed by atoms with Gasteiger partial charge in [0.05, 0.1) is 0 Å². The Kier molecular flexibility index (Phi) is 5.56. The molecule has 4 aliphatic carbocycles. The first kappa shape index (κ1) is 21.3. The minimum atomic E-state index is 0.469. The summed E-state index contributed by atoms with van der Waals surface area (Å²) in [6.45, 7) is 11.5. The van der Waals surface area contributed by atoms with Gasteiger partial charge in [-0.2, -0.15) is 0 Å². The van der Waals surface area contributed by atoms with Crippen molar-refractivity contribution in [2.45, 2.75) is 90.9 Å². The first-order valence-corrected chi connectivity index (χ1v) is 13.1. The third-order valence-corrected chi connectivity index (χ3v) is 10.2. The van der Waals surface area contributed by atoms with E-state index in [0.717, 1.165) is 17.8 Å². The van der Waals surface area contributed by atoms with Crippen molar-refractivity contribution >= 4 is 12.2 Å². The van der Waals surface area contributed by atoms with Gasteiger partial charge in [0.15, 0.2) is 0 Å². The van der Waals surface area contributed by atoms with Crippen LogP contribution in [-0.4, -0.2) is 0 Å². The van der Waals surface area contributed by atoms with Crippen molar-refractivity contribution in [3.8, 4) is 0 Å². The van der Waals surface area contributed by atoms with Crippen LogP contribution in [0.25, 0.3) is 12.2 Å². The molecule has 3 fully saturated rings. The highest BCUT2D eigenvalue weighted by molar-refractivity contribution is 5.65. The van der Waals surface area contributed by atoms with Crippen molar-refractivity contribution in [2.24, 2.45) is 28.6 Å². The van der Waals surface area contributed by atoms with Crippen LogP contribution in [0.3, 0.4) is 0 Å². The summed E-state index contributed by atoms with van der Waals surface area (Å²) in [5, 5.41) is 0. The monoisotopic (exact) mass is 414 g/mol. The van der Waals surface area contributed by atoms with Gasteiger partial charge in [-0.05, 0) is 116 Å². The molecular weight excluding hydrogens is 372 g/mol. The average Bonchev–Trinajstić information content (AvgIpc) is 3.04. The lowest BCUT2D eigenvalue weighted by Crippen LogP contribution is -2.40. The predicted molar refractivity (Wildman–Crippen MR) is 135 cm³/mol. The second-order valence-corrected chi connectivity index (χ2v) is 11.7. The quantitative estimate of drug-likeness (QED) is 0.432. The third-order valence-electron chi connectivity index (χ3n) is 10.2. The Balaban J connectivity index is 1.44. The molecule has 0 saturated heterocycles. The van der Waals surface area contributed by atoms with Crippen LogP contribution in [0, 0.1) is 28.6 Å². The van der Waals surface area contributed by atoms with Crippen molar-refractivity contribution in [3.05, 3.63) is 59.2 Å². The van der Waals surface area contributed by atoms with Crippen LogP contribution >= 0.6 is 0 Å². The van der Waals surface area contributed by atoms with E-state index in [4.69, 9.17) is 0 Å². The van der Waals surface area contributed by atoms with Crippen molar-refractivity contribution in [1.82, 2.24) is 0 Å². The lowest BCUT2D eigenvalue weighted by atomic mass is 9.56. The first-order valence-electron chi connectivity index (χ1n) is 13.1. The Hall–Kier alpha value is -1.56. The molecule has 1 aromatic carbocycles. The summed E-state index contributed by atoms with van der Waals surface area (Å²) >= 11 is 0. The van der Waals surface area contributed by atoms with Gasteiger partial charge in [0.1, 0.15) is 0 Å². The van der Waals surface area contributed by atoms with E-state index >= 15 is 0 Å². The van der Waals surface area contributed by atoms with Crippen molar-refractivity contribution in [2.75, 3.05) is 0 Å². The lowest BCUT2D eigenvalue weighted by molar-refractivity contribution is 0.0398. The zero-order chi connectivity index (χ0) is 21.6. The van der Waals surface area contributed by atoms with E-state index in [1.807, 2.05) is 11.6 Å². The van der Waals surface area contributed by atoms with Gasteiger partial charge in [0.25, 0.3) is 0 Å². The van der Waals surface area contributed by atoms with Crippen LogP contribution in [0.15, 0.2) is 42.5 Å². The van der Waals surface area contributed by atoms with Crippen LogP contribution in [-0.2, 0) is 0 Å². The maximum absolute atomic E-state index is 4.11. The highest BCUT2D eigenvalue weighted by Gasteiger charge is 2.54. The van der Waals surface area contributed by atoms with E-state index in [9.17, 15) is 0 Å². The number of hydrogen-bond acceptors (Lipinski definition) is 0. The molecule has 6 unspecified atom stereocenters. The molecule has 4 aliphatic rings. The van der Waals surface area contributed by atoms with Gasteiger partial charge < -0.3 is 0 Å². The molecule has 0 amide bonds. The van der Waals surface area contributed by atoms with Gasteiger partial charge in [-0.15, -0.1) is 0 Å². The Morgan fingerprint density at radius 1 is 0.968 bits per heavy atom. The predicted octanol–water partition coefficient (Wildman–Crippen LogP) is 9.19. The molecule has 1 aromatic rings. The highest BCUT2D eigenvalue weighted by atomic mass is 14.6. The van der Waals surface area contributed by atoms with Gasteiger partial charge in [0.2, 0.25) is 0 Å². The SMILES string of the molecule is C=Cc1cc(C2CCC3C4CCC5(C)CCCCC5=CC4CCC23C)ccc1/C=C\C. The summed E-state index contributed by atoms with van der Waals surface area (Å²) in [5.41, 5.74) is 7.00. The van der Waals surface area contributed by atoms with E-state index in [-0.39, 0.29) is 0 Å². The first-order chi connectivity index (χ1) is 15.0. The van der Waals surface area contributed by atoms with Crippen LogP contribution in [0.4, 0.5) is 0 Å². The summed E-state index contributed by atoms with van der Waals surface area (Å²) in [5.74, 6) is 3.39. The zero-order valence-electron chi connectivity index (χ0n) is 20.1. The second-order valence-electron chi connectivity index (χ2n) is 11.7. The molecule has 3 saturated carbocycles. The fourth-order valence-electron chi connectivity index (χ4n) is 8.41. The number of hydrogen-bond donors (Lipinski definition) is 0. The number of allylic oxidation sites excluding steroid dienone is 3. The summed E-state index contributed by atoms with van der Waals surface area (Å²) < 4.78 is 0. The summed E-state index contributed by atoms with van der Waals surface area (Å²) in [6, 6.07) is 7.21. The molecule has 0 spiro atoms. The van der Waals surface area contributed by atoms with E-state index in [1.54, 1.807) is 5.56 Å². The molecular formula is C31H42. The molecule has 0 aromatic heterocycles. The normalized spacial score (nSPS) is 39.9. The number of benzene rings is 1. The van der Waals surface area contributed by atoms with Crippen LogP contribution in [0.5, 0.6) is 0 Å². The smallest absolute Gasteiger partial charge is 0.0105 e. The van der Waals surface area contributed by atoms with Gasteiger partial charge in [-0.25, -0.2) is 0 Å². The Bertz CT molecular complexity index is 901. The fourth-order valence-corrected chi connectivity index (χ4v) is 8.41. The van der Waals surface area contributed by atoms with Gasteiger partial charge in [-0.3, -0.25) is 0 Å². The van der Waals surface area contributed by atoms with Crippen LogP contribution in [0.2, 0.25) is 0 Å². The van der Waals surface area contributed by atoms with Crippen molar-refractivity contribution in [3.63, 3.8) is 0 Å². The average molecular weight is 415 g/mol. The molecule has 0 bridgehead atoms. The molecule has 0 N–H and O–H groups in total. The Labute approximate surface area is 190 Å². The van der Waals surface area contributed by atoms with Gasteiger partial charge in [0, 0.05) is 0 Å². The molecule has 5 rings (SSSR count). The molecule has 0 aliphatic heterocycles. The largest absolute Gasteiger partial charge is 0.0984 e. The molecule has 31 heavy (non-hydrogen) atoms. The van der Waals surface area contributed by atoms with E-state index in [1.165, 1.54) is 75.3 Å². The molecule has 166 valence electrons. The maximum Gasteiger partial charge on any atom is -0.0105 e. The topological polar surface area (TPSA) is 0 Å². The number of fused-ring (bicyclic) bond motifs is 4. The Morgan fingerprint density at radius 3 is 2.65 bits per heavy atom. The Morgan fingerprint density at radius 2 is 1.84 bits per heavy atom. The van der Waals surface area contributed by atoms with Crippen LogP contribution in [0.1, 0.15) is 108 Å². The standard InChI is InChI=1S/C31H42/c1-5-9-23-11-12-25(20-22(23)6-2)28-13-14-29-27-16-18-30(3)17-8-7-10-26(30)21-24(27)15-19-31(28,29)4/h5-6,9,11-12,20-21,24,27-29H,2,7-8,10,13-19H2,1,3-4H3/b9-5-. The highest BCUT2D eigenvalue weighted by Crippen LogP contribution is 2.65. The van der Waals surface area contributed by atoms with E-state index < -0.39 is 0 Å². The molecule has 6 atom stereocenters. The lowest BCUT2D eigenvalue weighted by Gasteiger charge is -2.48.